The summed E-state index contributed by atoms with van der Waals surface area (Å²) in [5.41, 5.74) is 8.30. The van der Waals surface area contributed by atoms with Gasteiger partial charge in [0, 0.05) is 35.2 Å². The molecule has 2 aromatic heterocycles. The monoisotopic (exact) mass is 499 g/mol. The number of hydrogen-bond acceptors (Lipinski definition) is 6. The smallest absolute Gasteiger partial charge is 0.272 e. The lowest BCUT2D eigenvalue weighted by molar-refractivity contribution is 0.0933. The van der Waals surface area contributed by atoms with E-state index in [4.69, 9.17) is 17.3 Å². The lowest BCUT2D eigenvalue weighted by Crippen LogP contribution is -2.33. The maximum atomic E-state index is 13.1. The lowest BCUT2D eigenvalue weighted by atomic mass is 10.1. The van der Waals surface area contributed by atoms with Gasteiger partial charge in [-0.3, -0.25) is 9.36 Å². The van der Waals surface area contributed by atoms with Gasteiger partial charge in [0.2, 0.25) is 5.95 Å². The Morgan fingerprint density at radius 3 is 2.68 bits per heavy atom. The molecule has 4 rings (SSSR count). The third kappa shape index (κ3) is 5.90. The van der Waals surface area contributed by atoms with Crippen molar-refractivity contribution in [2.45, 2.75) is 13.0 Å². The summed E-state index contributed by atoms with van der Waals surface area (Å²) < 4.78 is 14.8. The summed E-state index contributed by atoms with van der Waals surface area (Å²) in [5.74, 6) is 0.167. The summed E-state index contributed by atoms with van der Waals surface area (Å²) >= 11 is 6.05. The van der Waals surface area contributed by atoms with Crippen LogP contribution in [0.5, 0.6) is 0 Å². The predicted molar refractivity (Wildman–Crippen MR) is 135 cm³/mol. The standard InChI is InChI=1S/C23H21ClFN7O.H2S/c1-14-11-27-23(29-18-7-5-17(25)6-8-18)31-21(14)32-12-20(28-13-32)22(33)30-19(10-26)15-3-2-4-16(24)9-15;/h2-9,11-13,19H,10,26H2,1H3,(H,30,33)(H,27,29,31);1H2/t19-;/m1./s1. The van der Waals surface area contributed by atoms with Crippen LogP contribution in [0.2, 0.25) is 5.02 Å². The molecule has 11 heteroatoms. The maximum Gasteiger partial charge on any atom is 0.272 e. The highest BCUT2D eigenvalue weighted by molar-refractivity contribution is 7.59. The van der Waals surface area contributed by atoms with Crippen LogP contribution in [-0.4, -0.2) is 32.0 Å². The van der Waals surface area contributed by atoms with Crippen LogP contribution < -0.4 is 16.4 Å². The van der Waals surface area contributed by atoms with E-state index in [9.17, 15) is 9.18 Å². The number of carbonyl (C=O) groups is 1. The first kappa shape index (κ1) is 25.2. The number of anilines is 2. The molecular formula is C23H23ClFN7OS. The molecule has 34 heavy (non-hydrogen) atoms. The van der Waals surface area contributed by atoms with Gasteiger partial charge in [0.1, 0.15) is 23.7 Å². The van der Waals surface area contributed by atoms with E-state index in [0.717, 1.165) is 11.1 Å². The predicted octanol–water partition coefficient (Wildman–Crippen LogP) is 4.05. The Morgan fingerprint density at radius 2 is 1.97 bits per heavy atom. The van der Waals surface area contributed by atoms with E-state index in [-0.39, 0.29) is 37.5 Å². The number of hydrogen-bond donors (Lipinski definition) is 3. The number of halogens is 2. The fourth-order valence-corrected chi connectivity index (χ4v) is 3.41. The maximum absolute atomic E-state index is 13.1. The number of nitrogens with two attached hydrogens (primary N) is 1. The molecule has 0 bridgehead atoms. The van der Waals surface area contributed by atoms with E-state index in [1.807, 2.05) is 13.0 Å². The molecule has 0 aliphatic carbocycles. The molecule has 0 aliphatic heterocycles. The van der Waals surface area contributed by atoms with Crippen LogP contribution >= 0.6 is 25.1 Å². The third-order valence-electron chi connectivity index (χ3n) is 4.90. The average Bonchev–Trinajstić information content (AvgIpc) is 3.30. The fraction of sp³-hybridized carbons (Fsp3) is 0.130. The van der Waals surface area contributed by atoms with Gasteiger partial charge < -0.3 is 16.4 Å². The van der Waals surface area contributed by atoms with Crippen LogP contribution in [0.15, 0.2) is 67.3 Å². The van der Waals surface area contributed by atoms with Gasteiger partial charge in [0.05, 0.1) is 6.04 Å². The zero-order valence-corrected chi connectivity index (χ0v) is 19.9. The minimum atomic E-state index is -0.409. The summed E-state index contributed by atoms with van der Waals surface area (Å²) in [6, 6.07) is 12.6. The first-order valence-corrected chi connectivity index (χ1v) is 10.5. The zero-order valence-electron chi connectivity index (χ0n) is 18.2. The average molecular weight is 500 g/mol. The number of aryl methyl sites for hydroxylation is 1. The highest BCUT2D eigenvalue weighted by atomic mass is 35.5. The summed E-state index contributed by atoms with van der Waals surface area (Å²) in [6.07, 6.45) is 4.73. The molecular weight excluding hydrogens is 477 g/mol. The number of aromatic nitrogens is 4. The quantitative estimate of drug-likeness (QED) is 0.354. The van der Waals surface area contributed by atoms with E-state index in [1.165, 1.54) is 18.5 Å². The second-order valence-corrected chi connectivity index (χ2v) is 7.75. The van der Waals surface area contributed by atoms with Crippen LogP contribution in [0.4, 0.5) is 16.0 Å². The van der Waals surface area contributed by atoms with Crippen LogP contribution in [-0.2, 0) is 0 Å². The van der Waals surface area contributed by atoms with Gasteiger partial charge in [-0.15, -0.1) is 0 Å². The van der Waals surface area contributed by atoms with Crippen molar-refractivity contribution in [3.63, 3.8) is 0 Å². The fourth-order valence-electron chi connectivity index (χ4n) is 3.21. The minimum Gasteiger partial charge on any atom is -0.343 e. The third-order valence-corrected chi connectivity index (χ3v) is 5.13. The Kier molecular flexibility index (Phi) is 8.21. The number of nitrogens with zero attached hydrogens (tertiary/aromatic N) is 4. The molecule has 0 spiro atoms. The van der Waals surface area contributed by atoms with Crippen molar-refractivity contribution in [2.24, 2.45) is 5.73 Å². The Balaban J connectivity index is 0.00000324. The molecule has 8 nitrogen and oxygen atoms in total. The Hall–Kier alpha value is -3.47. The van der Waals surface area contributed by atoms with E-state index >= 15 is 0 Å². The first-order chi connectivity index (χ1) is 15.9. The Morgan fingerprint density at radius 1 is 1.21 bits per heavy atom. The number of imidazole rings is 1. The largest absolute Gasteiger partial charge is 0.343 e. The second kappa shape index (κ2) is 11.1. The molecule has 0 fully saturated rings. The van der Waals surface area contributed by atoms with E-state index in [0.29, 0.717) is 22.5 Å². The molecule has 1 amide bonds. The van der Waals surface area contributed by atoms with Crippen molar-refractivity contribution in [1.29, 1.82) is 0 Å². The molecule has 2 heterocycles. The molecule has 176 valence electrons. The Bertz CT molecular complexity index is 1280. The summed E-state index contributed by atoms with van der Waals surface area (Å²) in [4.78, 5) is 25.8. The van der Waals surface area contributed by atoms with Crippen molar-refractivity contribution >= 4 is 42.6 Å². The van der Waals surface area contributed by atoms with Crippen LogP contribution in [0.25, 0.3) is 5.82 Å². The van der Waals surface area contributed by atoms with Gasteiger partial charge in [0.15, 0.2) is 0 Å². The molecule has 0 aliphatic rings. The molecule has 4 aromatic rings. The van der Waals surface area contributed by atoms with Crippen LogP contribution in [0, 0.1) is 12.7 Å². The van der Waals surface area contributed by atoms with Crippen molar-refractivity contribution in [2.75, 3.05) is 11.9 Å². The first-order valence-electron chi connectivity index (χ1n) is 10.1. The zero-order chi connectivity index (χ0) is 23.4. The van der Waals surface area contributed by atoms with E-state index < -0.39 is 6.04 Å². The second-order valence-electron chi connectivity index (χ2n) is 7.32. The van der Waals surface area contributed by atoms with Crippen molar-refractivity contribution < 1.29 is 9.18 Å². The molecule has 0 unspecified atom stereocenters. The topological polar surface area (TPSA) is 111 Å². The number of benzene rings is 2. The van der Waals surface area contributed by atoms with Crippen molar-refractivity contribution in [3.05, 3.63) is 94.9 Å². The molecule has 4 N–H and O–H groups in total. The van der Waals surface area contributed by atoms with Gasteiger partial charge >= 0.3 is 0 Å². The molecule has 0 radical (unpaired) electrons. The molecule has 0 saturated carbocycles. The molecule has 2 aromatic carbocycles. The van der Waals surface area contributed by atoms with Crippen LogP contribution in [0.3, 0.4) is 0 Å². The number of nitrogens with one attached hydrogen (secondary N) is 2. The Labute approximate surface area is 207 Å². The molecule has 1 atom stereocenters. The van der Waals surface area contributed by atoms with E-state index in [1.54, 1.807) is 47.3 Å². The van der Waals surface area contributed by atoms with Crippen LogP contribution in [0.1, 0.15) is 27.7 Å². The van der Waals surface area contributed by atoms with Crippen molar-refractivity contribution in [3.8, 4) is 5.82 Å². The van der Waals surface area contributed by atoms with E-state index in [2.05, 4.69) is 25.6 Å². The van der Waals surface area contributed by atoms with Crippen molar-refractivity contribution in [1.82, 2.24) is 24.8 Å². The van der Waals surface area contributed by atoms with Gasteiger partial charge in [0.25, 0.3) is 5.91 Å². The number of carbonyl (C=O) groups excluding carboxylic acids is 1. The van der Waals surface area contributed by atoms with Gasteiger partial charge in [-0.25, -0.2) is 14.4 Å². The summed E-state index contributed by atoms with van der Waals surface area (Å²) in [5, 5.41) is 6.47. The normalized spacial score (nSPS) is 11.4. The number of amides is 1. The number of rotatable bonds is 7. The highest BCUT2D eigenvalue weighted by Crippen LogP contribution is 2.19. The minimum absolute atomic E-state index is 0. The lowest BCUT2D eigenvalue weighted by Gasteiger charge is -2.16. The van der Waals surface area contributed by atoms with Gasteiger partial charge in [-0.1, -0.05) is 23.7 Å². The summed E-state index contributed by atoms with van der Waals surface area (Å²) in [6.45, 7) is 2.05. The summed E-state index contributed by atoms with van der Waals surface area (Å²) in [7, 11) is 0. The molecule has 0 saturated heterocycles. The SMILES string of the molecule is Cc1cnc(Nc2ccc(F)cc2)nc1-n1cnc(C(=O)N[C@H](CN)c2cccc(Cl)c2)c1.S. The van der Waals surface area contributed by atoms with Gasteiger partial charge in [-0.2, -0.15) is 18.5 Å². The highest BCUT2D eigenvalue weighted by Gasteiger charge is 2.18. The van der Waals surface area contributed by atoms with Gasteiger partial charge in [-0.05, 0) is 48.9 Å².